The molecule has 0 heterocycles. The predicted molar refractivity (Wildman–Crippen MR) is 48.4 cm³/mol. The van der Waals surface area contributed by atoms with Gasteiger partial charge in [-0.2, -0.15) is 5.26 Å². The smallest absolute Gasteiger partial charge is 0.0995 e. The standard InChI is InChI=1S/C10H14N2O/c1-9(2)7-3-4-10(5-7,6-11)8(9)12-13/h7,13H,3-5H2,1-2H3/b12-8-. The first kappa shape index (κ1) is 8.55. The highest BCUT2D eigenvalue weighted by Gasteiger charge is 2.60. The van der Waals surface area contributed by atoms with Crippen LogP contribution in [0.2, 0.25) is 0 Å². The van der Waals surface area contributed by atoms with Gasteiger partial charge in [-0.05, 0) is 25.2 Å². The summed E-state index contributed by atoms with van der Waals surface area (Å²) in [6.07, 6.45) is 2.85. The number of hydrogen-bond donors (Lipinski definition) is 1. The maximum absolute atomic E-state index is 9.14. The van der Waals surface area contributed by atoms with Gasteiger partial charge in [0.1, 0.15) is 0 Å². The van der Waals surface area contributed by atoms with Gasteiger partial charge in [-0.1, -0.05) is 19.0 Å². The lowest BCUT2D eigenvalue weighted by Gasteiger charge is -2.32. The zero-order chi connectivity index (χ0) is 9.69. The first-order valence-electron chi connectivity index (χ1n) is 4.71. The molecule has 2 aliphatic carbocycles. The third-order valence-electron chi connectivity index (χ3n) is 3.91. The molecule has 2 bridgehead atoms. The van der Waals surface area contributed by atoms with E-state index < -0.39 is 5.41 Å². The van der Waals surface area contributed by atoms with Crippen LogP contribution in [-0.4, -0.2) is 10.9 Å². The van der Waals surface area contributed by atoms with Gasteiger partial charge < -0.3 is 5.21 Å². The van der Waals surface area contributed by atoms with Gasteiger partial charge in [0.05, 0.1) is 17.2 Å². The molecule has 0 saturated heterocycles. The van der Waals surface area contributed by atoms with E-state index in [1.807, 2.05) is 0 Å². The highest BCUT2D eigenvalue weighted by Crippen LogP contribution is 2.60. The van der Waals surface area contributed by atoms with Crippen molar-refractivity contribution in [3.8, 4) is 6.07 Å². The molecule has 2 fully saturated rings. The zero-order valence-corrected chi connectivity index (χ0v) is 8.04. The van der Waals surface area contributed by atoms with Crippen molar-refractivity contribution in [2.45, 2.75) is 33.1 Å². The Labute approximate surface area is 78.0 Å². The Morgan fingerprint density at radius 3 is 2.77 bits per heavy atom. The van der Waals surface area contributed by atoms with Crippen LogP contribution < -0.4 is 0 Å². The molecule has 0 aromatic carbocycles. The summed E-state index contributed by atoms with van der Waals surface area (Å²) in [6, 6.07) is 2.33. The van der Waals surface area contributed by atoms with Crippen LogP contribution in [0.1, 0.15) is 33.1 Å². The summed E-state index contributed by atoms with van der Waals surface area (Å²) in [4.78, 5) is 0. The lowest BCUT2D eigenvalue weighted by atomic mass is 9.71. The third-order valence-corrected chi connectivity index (χ3v) is 3.91. The summed E-state index contributed by atoms with van der Waals surface area (Å²) in [7, 11) is 0. The second-order valence-electron chi connectivity index (χ2n) is 4.80. The molecule has 1 N–H and O–H groups in total. The summed E-state index contributed by atoms with van der Waals surface area (Å²) in [6.45, 7) is 4.15. The number of nitriles is 1. The van der Waals surface area contributed by atoms with E-state index in [0.717, 1.165) is 19.3 Å². The van der Waals surface area contributed by atoms with E-state index in [1.54, 1.807) is 0 Å². The molecule has 0 aromatic rings. The van der Waals surface area contributed by atoms with Crippen molar-refractivity contribution in [2.24, 2.45) is 21.9 Å². The summed E-state index contributed by atoms with van der Waals surface area (Å²) in [5, 5.41) is 21.5. The third kappa shape index (κ3) is 0.810. The summed E-state index contributed by atoms with van der Waals surface area (Å²) >= 11 is 0. The molecule has 3 nitrogen and oxygen atoms in total. The van der Waals surface area contributed by atoms with Gasteiger partial charge in [0.2, 0.25) is 0 Å². The Hall–Kier alpha value is -1.04. The van der Waals surface area contributed by atoms with Crippen molar-refractivity contribution < 1.29 is 5.21 Å². The maximum Gasteiger partial charge on any atom is 0.0995 e. The van der Waals surface area contributed by atoms with Gasteiger partial charge in [0.15, 0.2) is 0 Å². The van der Waals surface area contributed by atoms with Crippen molar-refractivity contribution in [2.75, 3.05) is 0 Å². The number of nitrogens with zero attached hydrogens (tertiary/aromatic N) is 2. The zero-order valence-electron chi connectivity index (χ0n) is 8.04. The molecule has 0 aromatic heterocycles. The Kier molecular flexibility index (Phi) is 1.48. The average Bonchev–Trinajstić information content (AvgIpc) is 2.58. The van der Waals surface area contributed by atoms with Gasteiger partial charge in [-0.25, -0.2) is 0 Å². The Bertz CT molecular complexity index is 313. The van der Waals surface area contributed by atoms with Crippen LogP contribution in [0.3, 0.4) is 0 Å². The molecule has 13 heavy (non-hydrogen) atoms. The highest BCUT2D eigenvalue weighted by atomic mass is 16.4. The Balaban J connectivity index is 2.51. The van der Waals surface area contributed by atoms with Gasteiger partial charge in [-0.3, -0.25) is 0 Å². The van der Waals surface area contributed by atoms with Crippen LogP contribution >= 0.6 is 0 Å². The first-order chi connectivity index (χ1) is 6.07. The van der Waals surface area contributed by atoms with E-state index in [2.05, 4.69) is 25.1 Å². The van der Waals surface area contributed by atoms with Gasteiger partial charge in [0, 0.05) is 5.41 Å². The van der Waals surface area contributed by atoms with E-state index in [0.29, 0.717) is 11.6 Å². The highest BCUT2D eigenvalue weighted by molar-refractivity contribution is 5.99. The topological polar surface area (TPSA) is 56.4 Å². The molecule has 2 aliphatic rings. The molecule has 0 amide bonds. The molecule has 2 unspecified atom stereocenters. The molecular weight excluding hydrogens is 164 g/mol. The van der Waals surface area contributed by atoms with Gasteiger partial charge >= 0.3 is 0 Å². The lowest BCUT2D eigenvalue weighted by Crippen LogP contribution is -2.36. The summed E-state index contributed by atoms with van der Waals surface area (Å²) in [5.41, 5.74) is 0.185. The monoisotopic (exact) mass is 178 g/mol. The number of fused-ring (bicyclic) bond motifs is 2. The van der Waals surface area contributed by atoms with E-state index in [1.165, 1.54) is 0 Å². The second-order valence-corrected chi connectivity index (χ2v) is 4.80. The molecule has 2 saturated carbocycles. The summed E-state index contributed by atoms with van der Waals surface area (Å²) < 4.78 is 0. The minimum Gasteiger partial charge on any atom is -0.411 e. The molecule has 0 radical (unpaired) electrons. The van der Waals surface area contributed by atoms with Crippen LogP contribution in [0, 0.1) is 28.1 Å². The second kappa shape index (κ2) is 2.25. The summed E-state index contributed by atoms with van der Waals surface area (Å²) in [5.74, 6) is 0.526. The SMILES string of the molecule is CC1(C)/C(=N/O)C2(C#N)CCC1C2. The minimum atomic E-state index is -0.442. The molecule has 0 spiro atoms. The van der Waals surface area contributed by atoms with Crippen LogP contribution in [0.25, 0.3) is 0 Å². The van der Waals surface area contributed by atoms with E-state index in [-0.39, 0.29) is 5.41 Å². The first-order valence-corrected chi connectivity index (χ1v) is 4.71. The normalized spacial score (nSPS) is 43.8. The fraction of sp³-hybridized carbons (Fsp3) is 0.800. The molecular formula is C10H14N2O. The fourth-order valence-corrected chi connectivity index (χ4v) is 3.07. The molecule has 70 valence electrons. The van der Waals surface area contributed by atoms with Crippen molar-refractivity contribution in [1.29, 1.82) is 5.26 Å². The van der Waals surface area contributed by atoms with Crippen molar-refractivity contribution in [3.63, 3.8) is 0 Å². The maximum atomic E-state index is 9.14. The van der Waals surface area contributed by atoms with Crippen LogP contribution in [-0.2, 0) is 0 Å². The number of hydrogen-bond acceptors (Lipinski definition) is 3. The molecule has 3 heteroatoms. The Morgan fingerprint density at radius 2 is 2.31 bits per heavy atom. The average molecular weight is 178 g/mol. The van der Waals surface area contributed by atoms with Crippen LogP contribution in [0.4, 0.5) is 0 Å². The van der Waals surface area contributed by atoms with E-state index in [4.69, 9.17) is 10.5 Å². The minimum absolute atomic E-state index is 0.0806. The van der Waals surface area contributed by atoms with Crippen molar-refractivity contribution >= 4 is 5.71 Å². The quantitative estimate of drug-likeness (QED) is 0.456. The van der Waals surface area contributed by atoms with Crippen molar-refractivity contribution in [3.05, 3.63) is 0 Å². The number of rotatable bonds is 0. The van der Waals surface area contributed by atoms with Crippen LogP contribution in [0.15, 0.2) is 5.16 Å². The van der Waals surface area contributed by atoms with Crippen molar-refractivity contribution in [1.82, 2.24) is 0 Å². The van der Waals surface area contributed by atoms with E-state index >= 15 is 0 Å². The predicted octanol–water partition coefficient (Wildman–Crippen LogP) is 2.17. The Morgan fingerprint density at radius 1 is 1.62 bits per heavy atom. The van der Waals surface area contributed by atoms with Gasteiger partial charge in [-0.15, -0.1) is 0 Å². The molecule has 0 aliphatic heterocycles. The largest absolute Gasteiger partial charge is 0.411 e. The number of oxime groups is 1. The fourth-order valence-electron chi connectivity index (χ4n) is 3.07. The molecule has 2 rings (SSSR count). The lowest BCUT2D eigenvalue weighted by molar-refractivity contribution is 0.282. The van der Waals surface area contributed by atoms with E-state index in [9.17, 15) is 0 Å². The molecule has 2 atom stereocenters. The van der Waals surface area contributed by atoms with Crippen LogP contribution in [0.5, 0.6) is 0 Å². The van der Waals surface area contributed by atoms with Gasteiger partial charge in [0.25, 0.3) is 0 Å².